The Morgan fingerprint density at radius 1 is 0.958 bits per heavy atom. The number of hydrogen-bond acceptors (Lipinski definition) is 4. The highest BCUT2D eigenvalue weighted by atomic mass is 19.1. The first-order valence-electron chi connectivity index (χ1n) is 7.35. The summed E-state index contributed by atoms with van der Waals surface area (Å²) in [5.41, 5.74) is 3.23. The molecule has 24 heavy (non-hydrogen) atoms. The molecule has 0 fully saturated rings. The van der Waals surface area contributed by atoms with Gasteiger partial charge in [-0.1, -0.05) is 0 Å². The fourth-order valence-electron chi connectivity index (χ4n) is 2.51. The Morgan fingerprint density at radius 3 is 2.46 bits per heavy atom. The standard InChI is InChI=1S/C18H13FN4O/c19-12-3-5-13(6-4-12)22-17-15-9-16(23-18(15)21-10-20-17)11-1-7-14(24)8-2-11/h1-10,24H,(H2,20,21,22,23). The van der Waals surface area contributed by atoms with E-state index in [0.717, 1.165) is 22.3 Å². The minimum atomic E-state index is -0.287. The molecule has 0 aliphatic carbocycles. The van der Waals surface area contributed by atoms with Gasteiger partial charge in [-0.2, -0.15) is 0 Å². The molecule has 0 bridgehead atoms. The van der Waals surface area contributed by atoms with E-state index in [1.165, 1.54) is 18.5 Å². The number of aromatic hydroxyl groups is 1. The van der Waals surface area contributed by atoms with E-state index >= 15 is 0 Å². The molecule has 6 heteroatoms. The molecule has 5 nitrogen and oxygen atoms in total. The molecule has 0 unspecified atom stereocenters. The van der Waals surface area contributed by atoms with Gasteiger partial charge in [0, 0.05) is 11.4 Å². The van der Waals surface area contributed by atoms with Crippen LogP contribution in [0.15, 0.2) is 60.9 Å². The average molecular weight is 320 g/mol. The van der Waals surface area contributed by atoms with Crippen LogP contribution in [0, 0.1) is 5.82 Å². The minimum Gasteiger partial charge on any atom is -0.508 e. The second kappa shape index (κ2) is 5.66. The van der Waals surface area contributed by atoms with E-state index in [1.807, 2.05) is 18.2 Å². The largest absolute Gasteiger partial charge is 0.508 e. The van der Waals surface area contributed by atoms with Gasteiger partial charge in [0.2, 0.25) is 0 Å². The summed E-state index contributed by atoms with van der Waals surface area (Å²) in [4.78, 5) is 11.7. The number of halogens is 1. The summed E-state index contributed by atoms with van der Waals surface area (Å²) in [7, 11) is 0. The van der Waals surface area contributed by atoms with Crippen LogP contribution in [0.25, 0.3) is 22.3 Å². The molecule has 2 aromatic carbocycles. The lowest BCUT2D eigenvalue weighted by Gasteiger charge is -2.05. The quantitative estimate of drug-likeness (QED) is 0.528. The molecule has 4 rings (SSSR count). The number of aromatic nitrogens is 3. The Hall–Kier alpha value is -3.41. The van der Waals surface area contributed by atoms with Crippen LogP contribution in [-0.4, -0.2) is 20.1 Å². The summed E-state index contributed by atoms with van der Waals surface area (Å²) in [6.07, 6.45) is 1.46. The number of H-pyrrole nitrogens is 1. The van der Waals surface area contributed by atoms with Crippen LogP contribution in [0.5, 0.6) is 5.75 Å². The van der Waals surface area contributed by atoms with Crippen LogP contribution in [0.2, 0.25) is 0 Å². The van der Waals surface area contributed by atoms with Gasteiger partial charge in [-0.3, -0.25) is 0 Å². The van der Waals surface area contributed by atoms with Gasteiger partial charge in [0.05, 0.1) is 5.39 Å². The summed E-state index contributed by atoms with van der Waals surface area (Å²) >= 11 is 0. The maximum absolute atomic E-state index is 13.0. The normalized spacial score (nSPS) is 10.9. The Morgan fingerprint density at radius 2 is 1.71 bits per heavy atom. The summed E-state index contributed by atoms with van der Waals surface area (Å²) in [6.45, 7) is 0. The monoisotopic (exact) mass is 320 g/mol. The predicted octanol–water partition coefficient (Wildman–Crippen LogP) is 4.21. The van der Waals surface area contributed by atoms with Crippen molar-refractivity contribution < 1.29 is 9.50 Å². The zero-order chi connectivity index (χ0) is 16.5. The van der Waals surface area contributed by atoms with Gasteiger partial charge in [0.1, 0.15) is 29.4 Å². The molecule has 2 heterocycles. The first-order valence-corrected chi connectivity index (χ1v) is 7.35. The van der Waals surface area contributed by atoms with E-state index in [-0.39, 0.29) is 11.6 Å². The highest BCUT2D eigenvalue weighted by Crippen LogP contribution is 2.29. The second-order valence-corrected chi connectivity index (χ2v) is 5.35. The van der Waals surface area contributed by atoms with Crippen LogP contribution in [0.4, 0.5) is 15.9 Å². The van der Waals surface area contributed by atoms with Crippen molar-refractivity contribution in [2.75, 3.05) is 5.32 Å². The molecule has 0 atom stereocenters. The third-order valence-corrected chi connectivity index (χ3v) is 3.71. The number of hydrogen-bond donors (Lipinski definition) is 3. The van der Waals surface area contributed by atoms with E-state index in [1.54, 1.807) is 24.3 Å². The molecule has 0 radical (unpaired) electrons. The van der Waals surface area contributed by atoms with Crippen molar-refractivity contribution in [3.63, 3.8) is 0 Å². The van der Waals surface area contributed by atoms with Gasteiger partial charge in [-0.15, -0.1) is 0 Å². The first kappa shape index (κ1) is 14.2. The maximum atomic E-state index is 13.0. The van der Waals surface area contributed by atoms with Crippen molar-refractivity contribution in [3.05, 3.63) is 66.7 Å². The zero-order valence-corrected chi connectivity index (χ0v) is 12.5. The van der Waals surface area contributed by atoms with Crippen LogP contribution in [0.3, 0.4) is 0 Å². The number of nitrogens with zero attached hydrogens (tertiary/aromatic N) is 2. The number of phenolic OH excluding ortho intramolecular Hbond substituents is 1. The number of aromatic amines is 1. The lowest BCUT2D eigenvalue weighted by Crippen LogP contribution is -1.94. The van der Waals surface area contributed by atoms with Crippen LogP contribution in [0.1, 0.15) is 0 Å². The molecule has 0 spiro atoms. The predicted molar refractivity (Wildman–Crippen MR) is 90.7 cm³/mol. The molecule has 0 aliphatic heterocycles. The Balaban J connectivity index is 1.74. The Labute approximate surface area is 136 Å². The molecule has 0 saturated carbocycles. The lowest BCUT2D eigenvalue weighted by atomic mass is 10.1. The van der Waals surface area contributed by atoms with E-state index in [4.69, 9.17) is 0 Å². The Kier molecular flexibility index (Phi) is 3.35. The van der Waals surface area contributed by atoms with Gasteiger partial charge in [0.15, 0.2) is 0 Å². The molecule has 0 amide bonds. The number of rotatable bonds is 3. The van der Waals surface area contributed by atoms with Gasteiger partial charge in [-0.05, 0) is 60.2 Å². The van der Waals surface area contributed by atoms with Crippen molar-refractivity contribution in [2.45, 2.75) is 0 Å². The summed E-state index contributed by atoms with van der Waals surface area (Å²) < 4.78 is 13.0. The molecular formula is C18H13FN4O. The molecule has 118 valence electrons. The van der Waals surface area contributed by atoms with Crippen molar-refractivity contribution in [1.29, 1.82) is 0 Å². The average Bonchev–Trinajstić information content (AvgIpc) is 3.03. The summed E-state index contributed by atoms with van der Waals surface area (Å²) in [5, 5.41) is 13.4. The smallest absolute Gasteiger partial charge is 0.143 e. The number of phenols is 1. The second-order valence-electron chi connectivity index (χ2n) is 5.35. The maximum Gasteiger partial charge on any atom is 0.143 e. The SMILES string of the molecule is Oc1ccc(-c2cc3c(Nc4ccc(F)cc4)ncnc3[nH]2)cc1. The molecular weight excluding hydrogens is 307 g/mol. The van der Waals surface area contributed by atoms with E-state index < -0.39 is 0 Å². The van der Waals surface area contributed by atoms with Crippen LogP contribution in [-0.2, 0) is 0 Å². The minimum absolute atomic E-state index is 0.216. The van der Waals surface area contributed by atoms with Crippen molar-refractivity contribution >= 4 is 22.5 Å². The summed E-state index contributed by atoms with van der Waals surface area (Å²) in [6, 6.07) is 14.9. The number of benzene rings is 2. The topological polar surface area (TPSA) is 73.8 Å². The van der Waals surface area contributed by atoms with Gasteiger partial charge >= 0.3 is 0 Å². The van der Waals surface area contributed by atoms with Gasteiger partial charge in [0.25, 0.3) is 0 Å². The third-order valence-electron chi connectivity index (χ3n) is 3.71. The zero-order valence-electron chi connectivity index (χ0n) is 12.5. The molecule has 3 N–H and O–H groups in total. The summed E-state index contributed by atoms with van der Waals surface area (Å²) in [5.74, 6) is 0.561. The van der Waals surface area contributed by atoms with Crippen LogP contribution >= 0.6 is 0 Å². The Bertz CT molecular complexity index is 994. The first-order chi connectivity index (χ1) is 11.7. The van der Waals surface area contributed by atoms with Crippen molar-refractivity contribution in [2.24, 2.45) is 0 Å². The van der Waals surface area contributed by atoms with Crippen LogP contribution < -0.4 is 5.32 Å². The highest BCUT2D eigenvalue weighted by Gasteiger charge is 2.10. The van der Waals surface area contributed by atoms with Crippen molar-refractivity contribution in [3.8, 4) is 17.0 Å². The molecule has 0 aliphatic rings. The van der Waals surface area contributed by atoms with E-state index in [0.29, 0.717) is 11.5 Å². The number of fused-ring (bicyclic) bond motifs is 1. The molecule has 4 aromatic rings. The lowest BCUT2D eigenvalue weighted by molar-refractivity contribution is 0.475. The fraction of sp³-hybridized carbons (Fsp3) is 0. The van der Waals surface area contributed by atoms with Gasteiger partial charge < -0.3 is 15.4 Å². The number of nitrogens with one attached hydrogen (secondary N) is 2. The highest BCUT2D eigenvalue weighted by molar-refractivity contribution is 5.92. The number of anilines is 2. The van der Waals surface area contributed by atoms with E-state index in [2.05, 4.69) is 20.3 Å². The fourth-order valence-corrected chi connectivity index (χ4v) is 2.51. The molecule has 2 aromatic heterocycles. The van der Waals surface area contributed by atoms with Crippen molar-refractivity contribution in [1.82, 2.24) is 15.0 Å². The molecule has 0 saturated heterocycles. The van der Waals surface area contributed by atoms with Gasteiger partial charge in [-0.25, -0.2) is 14.4 Å². The van der Waals surface area contributed by atoms with E-state index in [9.17, 15) is 9.50 Å². The third kappa shape index (κ3) is 2.65.